The fraction of sp³-hybridized carbons (Fsp3) is 0.350. The van der Waals surface area contributed by atoms with Gasteiger partial charge in [0.15, 0.2) is 0 Å². The van der Waals surface area contributed by atoms with Crippen molar-refractivity contribution >= 4 is 44.8 Å². The number of hydrogen-bond acceptors (Lipinski definition) is 4. The summed E-state index contributed by atoms with van der Waals surface area (Å²) in [6.07, 6.45) is 3.11. The van der Waals surface area contributed by atoms with Crippen molar-refractivity contribution in [1.29, 1.82) is 0 Å². The second-order valence-corrected chi connectivity index (χ2v) is 9.27. The number of aryl methyl sites for hydroxylation is 1. The molecule has 158 valence electrons. The van der Waals surface area contributed by atoms with E-state index in [1.165, 1.54) is 23.8 Å². The zero-order valence-electron chi connectivity index (χ0n) is 16.3. The van der Waals surface area contributed by atoms with Gasteiger partial charge < -0.3 is 10.1 Å². The Kier molecular flexibility index (Phi) is 8.61. The van der Waals surface area contributed by atoms with E-state index in [1.807, 2.05) is 24.3 Å². The molecule has 0 saturated heterocycles. The zero-order valence-corrected chi connectivity index (χ0v) is 18.6. The summed E-state index contributed by atoms with van der Waals surface area (Å²) in [5.41, 5.74) is 1.47. The number of rotatable bonds is 10. The van der Waals surface area contributed by atoms with E-state index in [1.54, 1.807) is 0 Å². The summed E-state index contributed by atoms with van der Waals surface area (Å²) in [6.45, 7) is 2.24. The molecule has 0 unspecified atom stereocenters. The molecule has 1 amide bonds. The van der Waals surface area contributed by atoms with E-state index >= 15 is 0 Å². The summed E-state index contributed by atoms with van der Waals surface area (Å²) in [4.78, 5) is 12.2. The van der Waals surface area contributed by atoms with Crippen molar-refractivity contribution < 1.29 is 17.9 Å². The first-order valence-corrected chi connectivity index (χ1v) is 11.7. The normalized spacial score (nSPS) is 11.2. The van der Waals surface area contributed by atoms with Crippen LogP contribution in [0.25, 0.3) is 0 Å². The van der Waals surface area contributed by atoms with Crippen LogP contribution < -0.4 is 14.4 Å². The number of carbonyl (C=O) groups excluding carboxylic acids is 1. The number of ether oxygens (including phenoxy) is 1. The van der Waals surface area contributed by atoms with Crippen LogP contribution in [0.5, 0.6) is 5.75 Å². The Morgan fingerprint density at radius 2 is 1.72 bits per heavy atom. The standard InChI is InChI=1S/C20H24Cl2N2O4S/c1-3-4-15-5-7-19(8-6-15)28-10-9-23-20(25)14-24(29(2,26)27)18-12-16(21)11-17(22)13-18/h5-8,11-13H,3-4,9-10,14H2,1-2H3,(H,23,25). The fourth-order valence-corrected chi connectivity index (χ4v) is 4.02. The average molecular weight is 459 g/mol. The van der Waals surface area contributed by atoms with Crippen molar-refractivity contribution in [2.24, 2.45) is 0 Å². The lowest BCUT2D eigenvalue weighted by atomic mass is 10.1. The Bertz CT molecular complexity index is 914. The van der Waals surface area contributed by atoms with E-state index < -0.39 is 15.9 Å². The molecule has 29 heavy (non-hydrogen) atoms. The van der Waals surface area contributed by atoms with Gasteiger partial charge in [-0.1, -0.05) is 48.7 Å². The molecular weight excluding hydrogens is 435 g/mol. The van der Waals surface area contributed by atoms with E-state index in [2.05, 4.69) is 12.2 Å². The van der Waals surface area contributed by atoms with Crippen LogP contribution in [0.2, 0.25) is 10.0 Å². The summed E-state index contributed by atoms with van der Waals surface area (Å²) >= 11 is 11.9. The van der Waals surface area contributed by atoms with Crippen molar-refractivity contribution in [3.05, 3.63) is 58.1 Å². The predicted octanol–water partition coefficient (Wildman–Crippen LogP) is 3.91. The first-order valence-electron chi connectivity index (χ1n) is 9.11. The van der Waals surface area contributed by atoms with Gasteiger partial charge in [0.25, 0.3) is 0 Å². The third kappa shape index (κ3) is 7.76. The highest BCUT2D eigenvalue weighted by Crippen LogP contribution is 2.26. The van der Waals surface area contributed by atoms with Gasteiger partial charge in [0, 0.05) is 10.0 Å². The van der Waals surface area contributed by atoms with Crippen LogP contribution in [0.15, 0.2) is 42.5 Å². The van der Waals surface area contributed by atoms with Crippen LogP contribution in [0.3, 0.4) is 0 Å². The largest absolute Gasteiger partial charge is 0.492 e. The van der Waals surface area contributed by atoms with Gasteiger partial charge in [-0.25, -0.2) is 8.42 Å². The number of benzene rings is 2. The molecule has 2 aromatic carbocycles. The van der Waals surface area contributed by atoms with Crippen molar-refractivity contribution in [3.63, 3.8) is 0 Å². The van der Waals surface area contributed by atoms with E-state index in [0.29, 0.717) is 5.75 Å². The van der Waals surface area contributed by atoms with Crippen LogP contribution in [-0.2, 0) is 21.2 Å². The van der Waals surface area contributed by atoms with Crippen LogP contribution in [0.4, 0.5) is 5.69 Å². The van der Waals surface area contributed by atoms with Gasteiger partial charge in [0.05, 0.1) is 18.5 Å². The summed E-state index contributed by atoms with van der Waals surface area (Å²) in [6, 6.07) is 12.2. The zero-order chi connectivity index (χ0) is 21.4. The van der Waals surface area contributed by atoms with E-state index in [4.69, 9.17) is 27.9 Å². The maximum Gasteiger partial charge on any atom is 0.240 e. The second kappa shape index (κ2) is 10.7. The molecule has 0 spiro atoms. The minimum absolute atomic E-state index is 0.226. The maximum absolute atomic E-state index is 12.2. The minimum atomic E-state index is -3.71. The molecule has 6 nitrogen and oxygen atoms in total. The molecule has 0 aromatic heterocycles. The van der Waals surface area contributed by atoms with E-state index in [-0.39, 0.29) is 35.4 Å². The second-order valence-electron chi connectivity index (χ2n) is 6.49. The highest BCUT2D eigenvalue weighted by atomic mass is 35.5. The third-order valence-electron chi connectivity index (χ3n) is 3.98. The van der Waals surface area contributed by atoms with Gasteiger partial charge >= 0.3 is 0 Å². The molecule has 9 heteroatoms. The first kappa shape index (κ1) is 23.3. The Labute approximate surface area is 181 Å². The molecule has 0 aliphatic rings. The Hall–Kier alpha value is -1.96. The van der Waals surface area contributed by atoms with Gasteiger partial charge in [-0.15, -0.1) is 0 Å². The molecular formula is C20H24Cl2N2O4S. The van der Waals surface area contributed by atoms with Crippen molar-refractivity contribution in [2.45, 2.75) is 19.8 Å². The van der Waals surface area contributed by atoms with Gasteiger partial charge in [-0.3, -0.25) is 9.10 Å². The lowest BCUT2D eigenvalue weighted by Crippen LogP contribution is -2.41. The fourth-order valence-electron chi connectivity index (χ4n) is 2.67. The molecule has 0 fully saturated rings. The van der Waals surface area contributed by atoms with Gasteiger partial charge in [0.2, 0.25) is 15.9 Å². The molecule has 2 rings (SSSR count). The SMILES string of the molecule is CCCc1ccc(OCCNC(=O)CN(c2cc(Cl)cc(Cl)c2)S(C)(=O)=O)cc1. The molecule has 0 aliphatic carbocycles. The molecule has 0 saturated carbocycles. The molecule has 0 radical (unpaired) electrons. The summed E-state index contributed by atoms with van der Waals surface area (Å²) < 4.78 is 30.8. The average Bonchev–Trinajstić information content (AvgIpc) is 2.63. The molecule has 0 bridgehead atoms. The van der Waals surface area contributed by atoms with Crippen LogP contribution in [0, 0.1) is 0 Å². The Balaban J connectivity index is 1.88. The van der Waals surface area contributed by atoms with Crippen molar-refractivity contribution in [1.82, 2.24) is 5.32 Å². The minimum Gasteiger partial charge on any atom is -0.492 e. The maximum atomic E-state index is 12.2. The number of halogens is 2. The Morgan fingerprint density at radius 3 is 2.28 bits per heavy atom. The smallest absolute Gasteiger partial charge is 0.240 e. The number of amides is 1. The third-order valence-corrected chi connectivity index (χ3v) is 5.55. The lowest BCUT2D eigenvalue weighted by molar-refractivity contribution is -0.119. The predicted molar refractivity (Wildman–Crippen MR) is 118 cm³/mol. The number of anilines is 1. The number of nitrogens with zero attached hydrogens (tertiary/aromatic N) is 1. The number of sulfonamides is 1. The first-order chi connectivity index (χ1) is 13.7. The van der Waals surface area contributed by atoms with Crippen molar-refractivity contribution in [2.75, 3.05) is 30.3 Å². The summed E-state index contributed by atoms with van der Waals surface area (Å²) in [5, 5.41) is 3.21. The van der Waals surface area contributed by atoms with Crippen LogP contribution >= 0.6 is 23.2 Å². The summed E-state index contributed by atoms with van der Waals surface area (Å²) in [5.74, 6) is 0.249. The van der Waals surface area contributed by atoms with E-state index in [0.717, 1.165) is 23.4 Å². The summed E-state index contributed by atoms with van der Waals surface area (Å²) in [7, 11) is -3.71. The van der Waals surface area contributed by atoms with Crippen LogP contribution in [0.1, 0.15) is 18.9 Å². The topological polar surface area (TPSA) is 75.7 Å². The highest BCUT2D eigenvalue weighted by Gasteiger charge is 2.21. The van der Waals surface area contributed by atoms with Gasteiger partial charge in [0.1, 0.15) is 18.9 Å². The quantitative estimate of drug-likeness (QED) is 0.547. The van der Waals surface area contributed by atoms with Gasteiger partial charge in [-0.2, -0.15) is 0 Å². The number of nitrogens with one attached hydrogen (secondary N) is 1. The molecule has 1 N–H and O–H groups in total. The van der Waals surface area contributed by atoms with Gasteiger partial charge in [-0.05, 0) is 42.3 Å². The molecule has 0 atom stereocenters. The van der Waals surface area contributed by atoms with Crippen molar-refractivity contribution in [3.8, 4) is 5.75 Å². The number of carbonyl (C=O) groups is 1. The molecule has 0 heterocycles. The molecule has 0 aliphatic heterocycles. The molecule has 2 aromatic rings. The van der Waals surface area contributed by atoms with E-state index in [9.17, 15) is 13.2 Å². The highest BCUT2D eigenvalue weighted by molar-refractivity contribution is 7.92. The monoisotopic (exact) mass is 458 g/mol. The number of hydrogen-bond donors (Lipinski definition) is 1. The Morgan fingerprint density at radius 1 is 1.10 bits per heavy atom. The lowest BCUT2D eigenvalue weighted by Gasteiger charge is -2.22. The van der Waals surface area contributed by atoms with Crippen LogP contribution in [-0.4, -0.2) is 40.3 Å².